The summed E-state index contributed by atoms with van der Waals surface area (Å²) in [6.07, 6.45) is 1.86. The number of halogens is 1. The third-order valence-corrected chi connectivity index (χ3v) is 1.46. The molecule has 0 atom stereocenters. The second-order valence-corrected chi connectivity index (χ2v) is 2.13. The lowest BCUT2D eigenvalue weighted by Crippen LogP contribution is -1.84. The predicted molar refractivity (Wildman–Crippen MR) is 35.3 cm³/mol. The Kier molecular flexibility index (Phi) is 1.58. The first-order chi connectivity index (χ1) is 3.84. The minimum absolute atomic E-state index is 0.810. The van der Waals surface area contributed by atoms with Gasteiger partial charge in [-0.25, -0.2) is 0 Å². The van der Waals surface area contributed by atoms with Gasteiger partial charge in [0, 0.05) is 12.3 Å². The third kappa shape index (κ3) is 0.865. The van der Waals surface area contributed by atoms with E-state index in [1.165, 1.54) is 0 Å². The highest BCUT2D eigenvalue weighted by molar-refractivity contribution is 9.08. The highest BCUT2D eigenvalue weighted by atomic mass is 79.9. The quantitative estimate of drug-likeness (QED) is 0.634. The van der Waals surface area contributed by atoms with E-state index in [9.17, 15) is 0 Å². The molecule has 0 saturated heterocycles. The predicted octanol–water partition coefficient (Wildman–Crippen LogP) is 1.65. The van der Waals surface area contributed by atoms with Crippen LogP contribution in [0.4, 0.5) is 0 Å². The summed E-state index contributed by atoms with van der Waals surface area (Å²) < 4.78 is 6.63. The van der Waals surface area contributed by atoms with E-state index < -0.39 is 0 Å². The van der Waals surface area contributed by atoms with E-state index in [0.29, 0.717) is 0 Å². The zero-order valence-corrected chi connectivity index (χ0v) is 6.05. The van der Waals surface area contributed by atoms with Gasteiger partial charge in [-0.2, -0.15) is 0 Å². The van der Waals surface area contributed by atoms with Crippen LogP contribution in [0, 0.1) is 0 Å². The minimum atomic E-state index is 0.810. The number of methoxy groups -OCH3 is 1. The summed E-state index contributed by atoms with van der Waals surface area (Å²) in [5, 5.41) is 0. The molecule has 1 rings (SSSR count). The van der Waals surface area contributed by atoms with E-state index in [-0.39, 0.29) is 0 Å². The normalized spacial score (nSPS) is 9.25. The molecule has 8 heavy (non-hydrogen) atoms. The van der Waals surface area contributed by atoms with Crippen molar-refractivity contribution in [1.29, 1.82) is 0 Å². The average molecular weight is 176 g/mol. The molecular formula is C5H6BrNO. The van der Waals surface area contributed by atoms with Crippen molar-refractivity contribution in [3.63, 3.8) is 0 Å². The van der Waals surface area contributed by atoms with Gasteiger partial charge in [0.25, 0.3) is 0 Å². The lowest BCUT2D eigenvalue weighted by Gasteiger charge is -1.95. The van der Waals surface area contributed by atoms with Crippen LogP contribution in [-0.4, -0.2) is 10.7 Å². The molecule has 0 fully saturated rings. The maximum Gasteiger partial charge on any atom is 0.203 e. The van der Waals surface area contributed by atoms with Crippen LogP contribution in [0.3, 0.4) is 0 Å². The van der Waals surface area contributed by atoms with Gasteiger partial charge in [-0.05, 0) is 6.07 Å². The molecule has 2 nitrogen and oxygen atoms in total. The molecule has 1 heterocycles. The Hall–Kier alpha value is -0.440. The Morgan fingerprint density at radius 2 is 2.50 bits per heavy atom. The Balaban J connectivity index is 2.92. The largest absolute Gasteiger partial charge is 0.482 e. The van der Waals surface area contributed by atoms with Crippen molar-refractivity contribution in [2.75, 3.05) is 7.11 Å². The molecule has 0 radical (unpaired) electrons. The Labute approximate surface area is 56.4 Å². The summed E-state index contributed by atoms with van der Waals surface area (Å²) in [7, 11) is 1.63. The summed E-state index contributed by atoms with van der Waals surface area (Å²) in [5.74, 6) is 0.810. The molecular weight excluding hydrogens is 170 g/mol. The molecule has 1 aromatic rings. The lowest BCUT2D eigenvalue weighted by molar-refractivity contribution is 0.397. The van der Waals surface area contributed by atoms with Crippen LogP contribution in [0.15, 0.2) is 18.3 Å². The maximum atomic E-state index is 4.90. The zero-order chi connectivity index (χ0) is 5.98. The Morgan fingerprint density at radius 1 is 1.75 bits per heavy atom. The van der Waals surface area contributed by atoms with Crippen molar-refractivity contribution in [2.24, 2.45) is 0 Å². The van der Waals surface area contributed by atoms with Gasteiger partial charge >= 0.3 is 0 Å². The number of rotatable bonds is 1. The number of aromatic nitrogens is 1. The van der Waals surface area contributed by atoms with Gasteiger partial charge < -0.3 is 4.74 Å². The van der Waals surface area contributed by atoms with Gasteiger partial charge in [0.2, 0.25) is 5.88 Å². The van der Waals surface area contributed by atoms with Crippen LogP contribution in [0.5, 0.6) is 5.88 Å². The standard InChI is InChI=1S/C5H6BrNO/c1-8-5-3-2-4-7(5)6/h2-4H,1H3. The average Bonchev–Trinajstić information content (AvgIpc) is 2.14. The van der Waals surface area contributed by atoms with E-state index >= 15 is 0 Å². The van der Waals surface area contributed by atoms with E-state index in [4.69, 9.17) is 4.74 Å². The fourth-order valence-corrected chi connectivity index (χ4v) is 0.900. The fourth-order valence-electron chi connectivity index (χ4n) is 0.501. The van der Waals surface area contributed by atoms with Crippen molar-refractivity contribution in [2.45, 2.75) is 0 Å². The minimum Gasteiger partial charge on any atom is -0.482 e. The van der Waals surface area contributed by atoms with Crippen LogP contribution in [-0.2, 0) is 0 Å². The first-order valence-electron chi connectivity index (χ1n) is 2.22. The van der Waals surface area contributed by atoms with Gasteiger partial charge in [-0.1, -0.05) is 0 Å². The van der Waals surface area contributed by atoms with E-state index in [2.05, 4.69) is 16.1 Å². The molecule has 0 N–H and O–H groups in total. The molecule has 44 valence electrons. The molecule has 0 unspecified atom stereocenters. The summed E-state index contributed by atoms with van der Waals surface area (Å²) in [5.41, 5.74) is 0. The number of ether oxygens (including phenoxy) is 1. The van der Waals surface area contributed by atoms with Crippen molar-refractivity contribution < 1.29 is 4.74 Å². The van der Waals surface area contributed by atoms with E-state index in [1.807, 2.05) is 18.3 Å². The van der Waals surface area contributed by atoms with Crippen LogP contribution < -0.4 is 4.74 Å². The molecule has 0 spiro atoms. The first-order valence-corrected chi connectivity index (χ1v) is 2.93. The van der Waals surface area contributed by atoms with Gasteiger partial charge in [0.15, 0.2) is 0 Å². The molecule has 0 aliphatic rings. The van der Waals surface area contributed by atoms with Crippen LogP contribution in [0.2, 0.25) is 0 Å². The van der Waals surface area contributed by atoms with Crippen molar-refractivity contribution in [1.82, 2.24) is 3.59 Å². The van der Waals surface area contributed by atoms with Gasteiger partial charge in [0.1, 0.15) is 0 Å². The number of hydrogen-bond donors (Lipinski definition) is 0. The molecule has 0 aliphatic carbocycles. The van der Waals surface area contributed by atoms with Gasteiger partial charge in [0.05, 0.1) is 23.3 Å². The fraction of sp³-hybridized carbons (Fsp3) is 0.200. The van der Waals surface area contributed by atoms with Crippen molar-refractivity contribution >= 4 is 16.1 Å². The molecule has 0 saturated carbocycles. The highest BCUT2D eigenvalue weighted by Crippen LogP contribution is 2.12. The van der Waals surface area contributed by atoms with Crippen LogP contribution >= 0.6 is 16.1 Å². The SMILES string of the molecule is COc1cccn1Br. The van der Waals surface area contributed by atoms with E-state index in [1.54, 1.807) is 10.7 Å². The van der Waals surface area contributed by atoms with Crippen molar-refractivity contribution in [3.05, 3.63) is 18.3 Å². The van der Waals surface area contributed by atoms with Crippen molar-refractivity contribution in [3.8, 4) is 5.88 Å². The number of hydrogen-bond acceptors (Lipinski definition) is 1. The monoisotopic (exact) mass is 175 g/mol. The smallest absolute Gasteiger partial charge is 0.203 e. The molecule has 3 heteroatoms. The Bertz CT molecular complexity index is 173. The maximum absolute atomic E-state index is 4.90. The molecule has 1 aromatic heterocycles. The Morgan fingerprint density at radius 3 is 2.75 bits per heavy atom. The molecule has 0 aromatic carbocycles. The third-order valence-electron chi connectivity index (χ3n) is 0.875. The molecule has 0 amide bonds. The van der Waals surface area contributed by atoms with Crippen LogP contribution in [0.1, 0.15) is 0 Å². The second kappa shape index (κ2) is 2.22. The second-order valence-electron chi connectivity index (χ2n) is 1.36. The zero-order valence-electron chi connectivity index (χ0n) is 4.47. The lowest BCUT2D eigenvalue weighted by atomic mass is 10.7. The van der Waals surface area contributed by atoms with Gasteiger partial charge in [-0.3, -0.25) is 3.59 Å². The van der Waals surface area contributed by atoms with Gasteiger partial charge in [-0.15, -0.1) is 0 Å². The summed E-state index contributed by atoms with van der Waals surface area (Å²) in [6, 6.07) is 3.77. The van der Waals surface area contributed by atoms with E-state index in [0.717, 1.165) is 5.88 Å². The molecule has 0 bridgehead atoms. The topological polar surface area (TPSA) is 14.2 Å². The first kappa shape index (κ1) is 5.69. The summed E-state index contributed by atoms with van der Waals surface area (Å²) >= 11 is 3.22. The summed E-state index contributed by atoms with van der Waals surface area (Å²) in [4.78, 5) is 0. The highest BCUT2D eigenvalue weighted by Gasteiger charge is 1.91. The molecule has 0 aliphatic heterocycles. The number of nitrogens with zero attached hydrogens (tertiary/aromatic N) is 1. The van der Waals surface area contributed by atoms with Crippen LogP contribution in [0.25, 0.3) is 0 Å². The summed E-state index contributed by atoms with van der Waals surface area (Å²) in [6.45, 7) is 0.